The van der Waals surface area contributed by atoms with E-state index in [2.05, 4.69) is 5.18 Å². The zero-order valence-electron chi connectivity index (χ0n) is 6.74. The van der Waals surface area contributed by atoms with Crippen LogP contribution in [0.15, 0.2) is 17.3 Å². The van der Waals surface area contributed by atoms with Gasteiger partial charge in [0.2, 0.25) is 0 Å². The molecule has 0 fully saturated rings. The summed E-state index contributed by atoms with van der Waals surface area (Å²) in [6.45, 7) is 1.40. The number of hydrogen-bond donors (Lipinski definition) is 1. The average Bonchev–Trinajstić information content (AvgIpc) is 2.08. The molecule has 1 aromatic rings. The number of nitroso groups, excluding NO2 is 1. The maximum Gasteiger partial charge on any atom is 0.336 e. The third kappa shape index (κ3) is 1.69. The van der Waals surface area contributed by atoms with E-state index in [0.29, 0.717) is 0 Å². The van der Waals surface area contributed by atoms with Gasteiger partial charge in [-0.05, 0) is 23.7 Å². The van der Waals surface area contributed by atoms with E-state index in [9.17, 15) is 14.1 Å². The second-order valence-corrected chi connectivity index (χ2v) is 2.49. The molecule has 5 heteroatoms. The molecule has 0 heterocycles. The van der Waals surface area contributed by atoms with E-state index >= 15 is 0 Å². The molecule has 0 saturated heterocycles. The third-order valence-electron chi connectivity index (χ3n) is 1.67. The monoisotopic (exact) mass is 183 g/mol. The molecular formula is C8H6FNO3. The zero-order valence-corrected chi connectivity index (χ0v) is 6.74. The number of carboxylic acid groups (broad SMARTS) is 1. The molecule has 4 nitrogen and oxygen atoms in total. The molecular weight excluding hydrogens is 177 g/mol. The number of carboxylic acids is 1. The first kappa shape index (κ1) is 9.31. The van der Waals surface area contributed by atoms with Crippen LogP contribution >= 0.6 is 0 Å². The SMILES string of the molecule is Cc1c(N=O)cc(F)cc1C(=O)O. The molecule has 0 spiro atoms. The van der Waals surface area contributed by atoms with Crippen molar-refractivity contribution in [2.24, 2.45) is 5.18 Å². The molecule has 0 aliphatic carbocycles. The van der Waals surface area contributed by atoms with Crippen molar-refractivity contribution < 1.29 is 14.3 Å². The second kappa shape index (κ2) is 3.30. The summed E-state index contributed by atoms with van der Waals surface area (Å²) in [6.07, 6.45) is 0. The summed E-state index contributed by atoms with van der Waals surface area (Å²) in [5.74, 6) is -2.06. The minimum atomic E-state index is -1.28. The highest BCUT2D eigenvalue weighted by molar-refractivity contribution is 5.90. The first-order valence-corrected chi connectivity index (χ1v) is 3.43. The van der Waals surface area contributed by atoms with Crippen molar-refractivity contribution in [1.29, 1.82) is 0 Å². The quantitative estimate of drug-likeness (QED) is 0.715. The van der Waals surface area contributed by atoms with Crippen LogP contribution in [-0.2, 0) is 0 Å². The summed E-state index contributed by atoms with van der Waals surface area (Å²) in [4.78, 5) is 20.7. The second-order valence-electron chi connectivity index (χ2n) is 2.49. The maximum absolute atomic E-state index is 12.7. The van der Waals surface area contributed by atoms with Crippen LogP contribution in [0.5, 0.6) is 0 Å². The van der Waals surface area contributed by atoms with Gasteiger partial charge >= 0.3 is 5.97 Å². The fraction of sp³-hybridized carbons (Fsp3) is 0.125. The van der Waals surface area contributed by atoms with Gasteiger partial charge in [-0.2, -0.15) is 0 Å². The van der Waals surface area contributed by atoms with Gasteiger partial charge in [0.25, 0.3) is 0 Å². The van der Waals surface area contributed by atoms with Crippen molar-refractivity contribution >= 4 is 11.7 Å². The van der Waals surface area contributed by atoms with E-state index in [1.165, 1.54) is 6.92 Å². The number of rotatable bonds is 2. The Labute approximate surface area is 73.0 Å². The van der Waals surface area contributed by atoms with E-state index in [0.717, 1.165) is 12.1 Å². The van der Waals surface area contributed by atoms with Crippen molar-refractivity contribution in [3.63, 3.8) is 0 Å². The summed E-state index contributed by atoms with van der Waals surface area (Å²) in [7, 11) is 0. The number of hydrogen-bond acceptors (Lipinski definition) is 3. The first-order chi connectivity index (χ1) is 6.06. The largest absolute Gasteiger partial charge is 0.478 e. The van der Waals surface area contributed by atoms with Gasteiger partial charge in [0, 0.05) is 6.07 Å². The Morgan fingerprint density at radius 1 is 1.54 bits per heavy atom. The summed E-state index contributed by atoms with van der Waals surface area (Å²) in [5.41, 5.74) is -0.254. The Morgan fingerprint density at radius 2 is 2.15 bits per heavy atom. The molecule has 0 amide bonds. The predicted octanol–water partition coefficient (Wildman–Crippen LogP) is 2.23. The Balaban J connectivity index is 3.44. The van der Waals surface area contributed by atoms with Gasteiger partial charge in [0.1, 0.15) is 11.5 Å². The van der Waals surface area contributed by atoms with Crippen LogP contribution in [0.4, 0.5) is 10.1 Å². The Kier molecular flexibility index (Phi) is 2.36. The molecule has 0 aromatic heterocycles. The molecule has 1 aromatic carbocycles. The normalized spacial score (nSPS) is 9.69. The number of nitrogens with zero attached hydrogens (tertiary/aromatic N) is 1. The average molecular weight is 183 g/mol. The van der Waals surface area contributed by atoms with Gasteiger partial charge in [-0.15, -0.1) is 4.91 Å². The topological polar surface area (TPSA) is 66.7 Å². The minimum absolute atomic E-state index is 0.170. The molecule has 0 unspecified atom stereocenters. The van der Waals surface area contributed by atoms with Crippen molar-refractivity contribution in [2.75, 3.05) is 0 Å². The summed E-state index contributed by atoms with van der Waals surface area (Å²) < 4.78 is 12.7. The molecule has 68 valence electrons. The smallest absolute Gasteiger partial charge is 0.336 e. The van der Waals surface area contributed by atoms with E-state index in [1.54, 1.807) is 0 Å². The van der Waals surface area contributed by atoms with Crippen LogP contribution in [0.1, 0.15) is 15.9 Å². The van der Waals surface area contributed by atoms with Gasteiger partial charge in [-0.1, -0.05) is 0 Å². The van der Waals surface area contributed by atoms with E-state index in [1.807, 2.05) is 0 Å². The fourth-order valence-electron chi connectivity index (χ4n) is 0.982. The van der Waals surface area contributed by atoms with Gasteiger partial charge in [-0.3, -0.25) is 0 Å². The first-order valence-electron chi connectivity index (χ1n) is 3.43. The maximum atomic E-state index is 12.7. The number of halogens is 1. The highest BCUT2D eigenvalue weighted by Crippen LogP contribution is 2.23. The van der Waals surface area contributed by atoms with E-state index < -0.39 is 11.8 Å². The summed E-state index contributed by atoms with van der Waals surface area (Å²) >= 11 is 0. The minimum Gasteiger partial charge on any atom is -0.478 e. The van der Waals surface area contributed by atoms with Gasteiger partial charge in [0.05, 0.1) is 5.56 Å². The summed E-state index contributed by atoms with van der Waals surface area (Å²) in [5, 5.41) is 11.1. The number of carbonyl (C=O) groups is 1. The predicted molar refractivity (Wildman–Crippen MR) is 43.6 cm³/mol. The van der Waals surface area contributed by atoms with Crippen LogP contribution in [0.3, 0.4) is 0 Å². The van der Waals surface area contributed by atoms with Crippen LogP contribution in [-0.4, -0.2) is 11.1 Å². The van der Waals surface area contributed by atoms with Gasteiger partial charge in [-0.25, -0.2) is 9.18 Å². The Morgan fingerprint density at radius 3 is 2.62 bits per heavy atom. The van der Waals surface area contributed by atoms with Crippen LogP contribution in [0, 0.1) is 17.6 Å². The molecule has 0 radical (unpaired) electrons. The summed E-state index contributed by atoms with van der Waals surface area (Å²) in [6, 6.07) is 1.75. The lowest BCUT2D eigenvalue weighted by Gasteiger charge is -2.01. The van der Waals surface area contributed by atoms with Crippen LogP contribution in [0.25, 0.3) is 0 Å². The lowest BCUT2D eigenvalue weighted by atomic mass is 10.1. The highest BCUT2D eigenvalue weighted by atomic mass is 19.1. The Bertz CT molecular complexity index is 376. The van der Waals surface area contributed by atoms with Crippen LogP contribution in [0.2, 0.25) is 0 Å². The lowest BCUT2D eigenvalue weighted by Crippen LogP contribution is -2.00. The highest BCUT2D eigenvalue weighted by Gasteiger charge is 2.13. The lowest BCUT2D eigenvalue weighted by molar-refractivity contribution is 0.0695. The van der Waals surface area contributed by atoms with Gasteiger partial charge < -0.3 is 5.11 Å². The molecule has 0 bridgehead atoms. The fourth-order valence-corrected chi connectivity index (χ4v) is 0.982. The molecule has 13 heavy (non-hydrogen) atoms. The van der Waals surface area contributed by atoms with E-state index in [-0.39, 0.29) is 16.8 Å². The molecule has 0 aliphatic rings. The molecule has 0 atom stereocenters. The number of aromatic carboxylic acids is 1. The zero-order chi connectivity index (χ0) is 10.0. The third-order valence-corrected chi connectivity index (χ3v) is 1.67. The van der Waals surface area contributed by atoms with Crippen LogP contribution < -0.4 is 0 Å². The van der Waals surface area contributed by atoms with Gasteiger partial charge in [0.15, 0.2) is 0 Å². The molecule has 1 N–H and O–H groups in total. The molecule has 0 saturated carbocycles. The van der Waals surface area contributed by atoms with Crippen molar-refractivity contribution in [3.8, 4) is 0 Å². The molecule has 0 aliphatic heterocycles. The standard InChI is InChI=1S/C8H6FNO3/c1-4-6(8(11)12)2-5(9)3-7(4)10-13/h2-3H,1H3,(H,11,12). The van der Waals surface area contributed by atoms with Crippen molar-refractivity contribution in [2.45, 2.75) is 6.92 Å². The van der Waals surface area contributed by atoms with Crippen molar-refractivity contribution in [1.82, 2.24) is 0 Å². The number of benzene rings is 1. The van der Waals surface area contributed by atoms with Crippen molar-refractivity contribution in [3.05, 3.63) is 34.0 Å². The molecule has 1 rings (SSSR count). The Hall–Kier alpha value is -1.78. The van der Waals surface area contributed by atoms with E-state index in [4.69, 9.17) is 5.11 Å².